The van der Waals surface area contributed by atoms with Crippen molar-refractivity contribution in [2.45, 2.75) is 25.3 Å². The lowest BCUT2D eigenvalue weighted by Crippen LogP contribution is -2.15. The van der Waals surface area contributed by atoms with Gasteiger partial charge in [0.05, 0.1) is 17.2 Å². The number of rotatable bonds is 3. The second-order valence-electron chi connectivity index (χ2n) is 4.32. The van der Waals surface area contributed by atoms with Crippen molar-refractivity contribution in [3.63, 3.8) is 0 Å². The molecule has 0 bridgehead atoms. The zero-order valence-electron chi connectivity index (χ0n) is 10.6. The zero-order valence-corrected chi connectivity index (χ0v) is 13.0. The Labute approximate surface area is 120 Å². The molecule has 1 N–H and O–H groups in total. The number of aryl methyl sites for hydroxylation is 1. The van der Waals surface area contributed by atoms with E-state index in [0.717, 1.165) is 15.1 Å². The van der Waals surface area contributed by atoms with Crippen LogP contribution in [-0.4, -0.2) is 17.5 Å². The monoisotopic (exact) mass is 343 g/mol. The molecule has 2 aromatic rings. The van der Waals surface area contributed by atoms with Gasteiger partial charge in [-0.05, 0) is 47.5 Å². The maximum Gasteiger partial charge on any atom is 0.267 e. The van der Waals surface area contributed by atoms with Gasteiger partial charge in [-0.2, -0.15) is 0 Å². The van der Waals surface area contributed by atoms with E-state index in [1.807, 2.05) is 6.92 Å². The van der Waals surface area contributed by atoms with Crippen molar-refractivity contribution >= 4 is 26.0 Å². The van der Waals surface area contributed by atoms with Gasteiger partial charge in [0, 0.05) is 10.7 Å². The summed E-state index contributed by atoms with van der Waals surface area (Å²) in [6.45, 7) is 3.32. The molecule has 0 aliphatic carbocycles. The van der Waals surface area contributed by atoms with Gasteiger partial charge in [0.2, 0.25) is 0 Å². The maximum absolute atomic E-state index is 12.5. The van der Waals surface area contributed by atoms with E-state index >= 15 is 0 Å². The van der Waals surface area contributed by atoms with Crippen molar-refractivity contribution in [2.75, 3.05) is 0 Å². The standard InChI is InChI=1S/C13H14BrNO3S/c1-9-3-5-11(6-4-9)19(17,18)15-7-12(14)10(2)13(15)8-16/h3-7,16H,8H2,1-2H3. The van der Waals surface area contributed by atoms with Gasteiger partial charge in [-0.1, -0.05) is 17.7 Å². The smallest absolute Gasteiger partial charge is 0.267 e. The molecule has 19 heavy (non-hydrogen) atoms. The van der Waals surface area contributed by atoms with E-state index in [2.05, 4.69) is 15.9 Å². The Morgan fingerprint density at radius 1 is 1.21 bits per heavy atom. The highest BCUT2D eigenvalue weighted by Crippen LogP contribution is 2.26. The van der Waals surface area contributed by atoms with Crippen LogP contribution in [0.3, 0.4) is 0 Å². The van der Waals surface area contributed by atoms with E-state index in [-0.39, 0.29) is 11.5 Å². The van der Waals surface area contributed by atoms with Gasteiger partial charge < -0.3 is 5.11 Å². The Morgan fingerprint density at radius 2 is 1.79 bits per heavy atom. The summed E-state index contributed by atoms with van der Waals surface area (Å²) in [6.07, 6.45) is 1.47. The van der Waals surface area contributed by atoms with Gasteiger partial charge in [0.1, 0.15) is 0 Å². The Hall–Kier alpha value is -1.11. The van der Waals surface area contributed by atoms with Crippen molar-refractivity contribution < 1.29 is 13.5 Å². The van der Waals surface area contributed by atoms with Crippen molar-refractivity contribution in [1.82, 2.24) is 3.97 Å². The number of nitrogens with zero attached hydrogens (tertiary/aromatic N) is 1. The molecular formula is C13H14BrNO3S. The first-order valence-electron chi connectivity index (χ1n) is 5.67. The van der Waals surface area contributed by atoms with Crippen molar-refractivity contribution in [1.29, 1.82) is 0 Å². The molecule has 2 rings (SSSR count). The lowest BCUT2D eigenvalue weighted by Gasteiger charge is -2.09. The van der Waals surface area contributed by atoms with Gasteiger partial charge in [0.25, 0.3) is 10.0 Å². The Bertz CT molecular complexity index is 702. The van der Waals surface area contributed by atoms with Crippen LogP contribution in [0.25, 0.3) is 0 Å². The van der Waals surface area contributed by atoms with Gasteiger partial charge in [0.15, 0.2) is 0 Å². The van der Waals surface area contributed by atoms with E-state index in [1.165, 1.54) is 6.20 Å². The molecule has 0 saturated heterocycles. The SMILES string of the molecule is Cc1ccc(S(=O)(=O)n2cc(Br)c(C)c2CO)cc1. The quantitative estimate of drug-likeness (QED) is 0.931. The molecule has 6 heteroatoms. The van der Waals surface area contributed by atoms with Crippen LogP contribution in [0.5, 0.6) is 0 Å². The van der Waals surface area contributed by atoms with E-state index in [0.29, 0.717) is 10.2 Å². The van der Waals surface area contributed by atoms with Crippen LogP contribution in [0.1, 0.15) is 16.8 Å². The number of aliphatic hydroxyl groups excluding tert-OH is 1. The summed E-state index contributed by atoms with van der Waals surface area (Å²) in [7, 11) is -3.67. The molecule has 0 unspecified atom stereocenters. The predicted octanol–water partition coefficient (Wildman–Crippen LogP) is 2.60. The van der Waals surface area contributed by atoms with Gasteiger partial charge in [-0.3, -0.25) is 0 Å². The van der Waals surface area contributed by atoms with Crippen LogP contribution in [-0.2, 0) is 16.6 Å². The molecule has 0 amide bonds. The molecule has 0 atom stereocenters. The minimum absolute atomic E-state index is 0.204. The first-order chi connectivity index (χ1) is 8.87. The van der Waals surface area contributed by atoms with Crippen LogP contribution in [0.2, 0.25) is 0 Å². The molecular weight excluding hydrogens is 330 g/mol. The largest absolute Gasteiger partial charge is 0.390 e. The predicted molar refractivity (Wildman–Crippen MR) is 76.6 cm³/mol. The highest BCUT2D eigenvalue weighted by atomic mass is 79.9. The van der Waals surface area contributed by atoms with E-state index in [1.54, 1.807) is 31.2 Å². The summed E-state index contributed by atoms with van der Waals surface area (Å²) in [5.74, 6) is 0. The van der Waals surface area contributed by atoms with Crippen LogP contribution < -0.4 is 0 Å². The first kappa shape index (κ1) is 14.3. The number of halogens is 1. The summed E-state index contributed by atoms with van der Waals surface area (Å²) in [5.41, 5.74) is 2.08. The highest BCUT2D eigenvalue weighted by Gasteiger charge is 2.22. The van der Waals surface area contributed by atoms with Gasteiger partial charge in [-0.15, -0.1) is 0 Å². The van der Waals surface area contributed by atoms with Crippen molar-refractivity contribution in [3.8, 4) is 0 Å². The molecule has 4 nitrogen and oxygen atoms in total. The molecule has 1 aromatic carbocycles. The molecule has 0 fully saturated rings. The third-order valence-electron chi connectivity index (χ3n) is 3.02. The lowest BCUT2D eigenvalue weighted by atomic mass is 10.2. The lowest BCUT2D eigenvalue weighted by molar-refractivity contribution is 0.275. The summed E-state index contributed by atoms with van der Waals surface area (Å²) in [4.78, 5) is 0.204. The second-order valence-corrected chi connectivity index (χ2v) is 6.99. The fourth-order valence-electron chi connectivity index (χ4n) is 1.81. The minimum Gasteiger partial charge on any atom is -0.390 e. The minimum atomic E-state index is -3.67. The molecule has 1 aromatic heterocycles. The summed E-state index contributed by atoms with van der Waals surface area (Å²) in [6, 6.07) is 6.62. The molecule has 0 aliphatic heterocycles. The van der Waals surface area contributed by atoms with E-state index in [4.69, 9.17) is 0 Å². The van der Waals surface area contributed by atoms with Crippen LogP contribution in [0, 0.1) is 13.8 Å². The van der Waals surface area contributed by atoms with Crippen LogP contribution in [0.15, 0.2) is 39.8 Å². The van der Waals surface area contributed by atoms with Crippen LogP contribution in [0.4, 0.5) is 0 Å². The van der Waals surface area contributed by atoms with E-state index < -0.39 is 10.0 Å². The number of benzene rings is 1. The molecule has 0 radical (unpaired) electrons. The average molecular weight is 344 g/mol. The third kappa shape index (κ3) is 2.48. The van der Waals surface area contributed by atoms with Gasteiger partial charge in [-0.25, -0.2) is 12.4 Å². The zero-order chi connectivity index (χ0) is 14.2. The molecule has 1 heterocycles. The number of hydrogen-bond donors (Lipinski definition) is 1. The summed E-state index contributed by atoms with van der Waals surface area (Å²) < 4.78 is 26.8. The Balaban J connectivity index is 2.63. The molecule has 0 saturated carbocycles. The van der Waals surface area contributed by atoms with Crippen LogP contribution >= 0.6 is 15.9 Å². The fraction of sp³-hybridized carbons (Fsp3) is 0.231. The topological polar surface area (TPSA) is 59.3 Å². The second kappa shape index (κ2) is 5.11. The van der Waals surface area contributed by atoms with Crippen molar-refractivity contribution in [3.05, 3.63) is 51.8 Å². The average Bonchev–Trinajstić information content (AvgIpc) is 2.66. The third-order valence-corrected chi connectivity index (χ3v) is 5.53. The number of aliphatic hydroxyl groups is 1. The van der Waals surface area contributed by atoms with Crippen molar-refractivity contribution in [2.24, 2.45) is 0 Å². The van der Waals surface area contributed by atoms with Gasteiger partial charge >= 0.3 is 0 Å². The summed E-state index contributed by atoms with van der Waals surface area (Å²) in [5, 5.41) is 9.36. The molecule has 102 valence electrons. The normalized spacial score (nSPS) is 11.8. The maximum atomic E-state index is 12.5. The molecule has 0 spiro atoms. The number of hydrogen-bond acceptors (Lipinski definition) is 3. The highest BCUT2D eigenvalue weighted by molar-refractivity contribution is 9.10. The summed E-state index contributed by atoms with van der Waals surface area (Å²) >= 11 is 3.29. The van der Waals surface area contributed by atoms with E-state index in [9.17, 15) is 13.5 Å². The Kier molecular flexibility index (Phi) is 3.85. The Morgan fingerprint density at radius 3 is 2.32 bits per heavy atom. The fourth-order valence-corrected chi connectivity index (χ4v) is 3.81. The number of aromatic nitrogens is 1. The molecule has 0 aliphatic rings. The first-order valence-corrected chi connectivity index (χ1v) is 7.90.